The molecule has 0 bridgehead atoms. The van der Waals surface area contributed by atoms with Gasteiger partial charge < -0.3 is 20.3 Å². The van der Waals surface area contributed by atoms with Gasteiger partial charge in [0, 0.05) is 31.7 Å². The Bertz CT molecular complexity index is 1410. The van der Waals surface area contributed by atoms with Crippen molar-refractivity contribution < 1.29 is 33.5 Å². The molecule has 6 amide bonds. The van der Waals surface area contributed by atoms with Gasteiger partial charge in [0.15, 0.2) is 0 Å². The largest absolute Gasteiger partial charge is 0.497 e. The van der Waals surface area contributed by atoms with E-state index in [1.54, 1.807) is 49.6 Å². The number of rotatable bonds is 14. The molecule has 12 nitrogen and oxygen atoms in total. The minimum Gasteiger partial charge on any atom is -0.497 e. The molecule has 2 unspecified atom stereocenters. The highest BCUT2D eigenvalue weighted by atomic mass is 16.5. The first kappa shape index (κ1) is 31.2. The molecule has 0 aliphatic carbocycles. The standard InChI is InChI=1S/C31H37N5O7/c1-19(2)17-35(18-37)27(20-8-6-9-21(16-20)43-3)29(40)33-15-5-4-14-32-23-11-7-10-22-26(23)31(42)36(30(22)41)24-12-13-25(38)34-28(24)39/h6-11,16,18-19,24,27,32H,4-5,12-15,17H2,1-3H3,(H,33,40)(H,34,38,39). The molecular formula is C31H37N5O7. The Labute approximate surface area is 250 Å². The molecule has 2 heterocycles. The number of carbonyl (C=O) groups excluding carboxylic acids is 6. The molecule has 1 saturated heterocycles. The maximum Gasteiger partial charge on any atom is 0.264 e. The number of unbranched alkanes of at least 4 members (excludes halogenated alkanes) is 1. The average molecular weight is 592 g/mol. The number of nitrogens with one attached hydrogen (secondary N) is 3. The van der Waals surface area contributed by atoms with Gasteiger partial charge in [0.25, 0.3) is 11.8 Å². The van der Waals surface area contributed by atoms with E-state index in [0.29, 0.717) is 55.9 Å². The van der Waals surface area contributed by atoms with Gasteiger partial charge in [0.2, 0.25) is 24.1 Å². The SMILES string of the molecule is COc1cccc(C(C(=O)NCCCCNc2cccc3c2C(=O)N(C2CCC(=O)NC2=O)C3=O)N(C=O)CC(C)C)c1. The summed E-state index contributed by atoms with van der Waals surface area (Å²) in [5.41, 5.74) is 1.53. The van der Waals surface area contributed by atoms with Crippen molar-refractivity contribution in [2.24, 2.45) is 5.92 Å². The van der Waals surface area contributed by atoms with E-state index in [-0.39, 0.29) is 35.8 Å². The van der Waals surface area contributed by atoms with E-state index in [1.807, 2.05) is 13.8 Å². The molecule has 2 aliphatic heterocycles. The number of piperidine rings is 1. The summed E-state index contributed by atoms with van der Waals surface area (Å²) in [6.07, 6.45) is 2.08. The fourth-order valence-electron chi connectivity index (χ4n) is 5.38. The van der Waals surface area contributed by atoms with Crippen LogP contribution in [0.15, 0.2) is 42.5 Å². The fraction of sp³-hybridized carbons (Fsp3) is 0.419. The van der Waals surface area contributed by atoms with Gasteiger partial charge in [-0.3, -0.25) is 39.0 Å². The maximum atomic E-state index is 13.3. The number of carbonyl (C=O) groups is 6. The Morgan fingerprint density at radius 2 is 1.84 bits per heavy atom. The predicted molar refractivity (Wildman–Crippen MR) is 157 cm³/mol. The molecule has 0 aromatic heterocycles. The van der Waals surface area contributed by atoms with Crippen molar-refractivity contribution in [1.29, 1.82) is 0 Å². The van der Waals surface area contributed by atoms with Crippen LogP contribution in [-0.2, 0) is 19.2 Å². The number of nitrogens with zero attached hydrogens (tertiary/aromatic N) is 2. The zero-order chi connectivity index (χ0) is 31.1. The normalized spacial score (nSPS) is 16.9. The molecule has 0 saturated carbocycles. The van der Waals surface area contributed by atoms with Gasteiger partial charge in [-0.25, -0.2) is 0 Å². The molecule has 0 spiro atoms. The molecule has 2 aromatic carbocycles. The summed E-state index contributed by atoms with van der Waals surface area (Å²) in [7, 11) is 1.54. The molecule has 4 rings (SSSR count). The highest BCUT2D eigenvalue weighted by Gasteiger charge is 2.45. The topological polar surface area (TPSA) is 154 Å². The first-order chi connectivity index (χ1) is 20.7. The van der Waals surface area contributed by atoms with Gasteiger partial charge >= 0.3 is 0 Å². The van der Waals surface area contributed by atoms with E-state index in [1.165, 1.54) is 4.90 Å². The van der Waals surface area contributed by atoms with E-state index in [9.17, 15) is 28.8 Å². The van der Waals surface area contributed by atoms with E-state index in [4.69, 9.17) is 4.74 Å². The molecule has 0 radical (unpaired) electrons. The van der Waals surface area contributed by atoms with Crippen LogP contribution in [0.3, 0.4) is 0 Å². The van der Waals surface area contributed by atoms with Crippen molar-refractivity contribution in [1.82, 2.24) is 20.4 Å². The fourth-order valence-corrected chi connectivity index (χ4v) is 5.38. The predicted octanol–water partition coefficient (Wildman–Crippen LogP) is 2.26. The number of amides is 6. The van der Waals surface area contributed by atoms with Gasteiger partial charge in [-0.15, -0.1) is 0 Å². The summed E-state index contributed by atoms with van der Waals surface area (Å²) in [5, 5.41) is 8.33. The van der Waals surface area contributed by atoms with E-state index < -0.39 is 35.7 Å². The third-order valence-corrected chi connectivity index (χ3v) is 7.39. The molecular weight excluding hydrogens is 554 g/mol. The van der Waals surface area contributed by atoms with Crippen molar-refractivity contribution in [3.05, 3.63) is 59.2 Å². The Hall–Kier alpha value is -4.74. The third-order valence-electron chi connectivity index (χ3n) is 7.39. The molecule has 2 aliphatic rings. The summed E-state index contributed by atoms with van der Waals surface area (Å²) < 4.78 is 5.31. The van der Waals surface area contributed by atoms with Crippen LogP contribution in [0.2, 0.25) is 0 Å². The average Bonchev–Trinajstić information content (AvgIpc) is 3.24. The monoisotopic (exact) mass is 591 g/mol. The summed E-state index contributed by atoms with van der Waals surface area (Å²) in [5.74, 6) is -1.77. The van der Waals surface area contributed by atoms with Crippen LogP contribution in [0, 0.1) is 5.92 Å². The van der Waals surface area contributed by atoms with Crippen LogP contribution in [0.4, 0.5) is 5.69 Å². The Morgan fingerprint density at radius 3 is 2.53 bits per heavy atom. The zero-order valence-corrected chi connectivity index (χ0v) is 24.6. The Morgan fingerprint density at radius 1 is 1.09 bits per heavy atom. The lowest BCUT2D eigenvalue weighted by Gasteiger charge is -2.29. The van der Waals surface area contributed by atoms with Gasteiger partial charge in [-0.05, 0) is 55.0 Å². The molecule has 43 heavy (non-hydrogen) atoms. The lowest BCUT2D eigenvalue weighted by atomic mass is 10.0. The van der Waals surface area contributed by atoms with Gasteiger partial charge in [-0.1, -0.05) is 32.0 Å². The van der Waals surface area contributed by atoms with E-state index in [0.717, 1.165) is 4.90 Å². The van der Waals surface area contributed by atoms with E-state index in [2.05, 4.69) is 16.0 Å². The number of imide groups is 2. The second kappa shape index (κ2) is 14.0. The summed E-state index contributed by atoms with van der Waals surface area (Å²) in [4.78, 5) is 77.8. The smallest absolute Gasteiger partial charge is 0.264 e. The number of methoxy groups -OCH3 is 1. The van der Waals surface area contributed by atoms with Crippen molar-refractivity contribution in [3.63, 3.8) is 0 Å². The minimum absolute atomic E-state index is 0.0522. The van der Waals surface area contributed by atoms with Crippen LogP contribution >= 0.6 is 0 Å². The van der Waals surface area contributed by atoms with Gasteiger partial charge in [0.1, 0.15) is 17.8 Å². The second-order valence-corrected chi connectivity index (χ2v) is 11.0. The molecule has 2 atom stereocenters. The Balaban J connectivity index is 1.34. The summed E-state index contributed by atoms with van der Waals surface area (Å²) in [6, 6.07) is 10.2. The van der Waals surface area contributed by atoms with Gasteiger partial charge in [0.05, 0.1) is 18.2 Å². The second-order valence-electron chi connectivity index (χ2n) is 11.0. The number of benzene rings is 2. The number of ether oxygens (including phenoxy) is 1. The molecule has 12 heteroatoms. The zero-order valence-electron chi connectivity index (χ0n) is 24.6. The highest BCUT2D eigenvalue weighted by Crippen LogP contribution is 2.32. The lowest BCUT2D eigenvalue weighted by Crippen LogP contribution is -2.54. The van der Waals surface area contributed by atoms with E-state index >= 15 is 0 Å². The number of anilines is 1. The molecule has 3 N–H and O–H groups in total. The minimum atomic E-state index is -1.03. The van der Waals surface area contributed by atoms with Crippen LogP contribution in [0.25, 0.3) is 0 Å². The summed E-state index contributed by atoms with van der Waals surface area (Å²) in [6.45, 7) is 5.18. The number of fused-ring (bicyclic) bond motifs is 1. The molecule has 228 valence electrons. The molecule has 2 aromatic rings. The van der Waals surface area contributed by atoms with Crippen molar-refractivity contribution >= 4 is 41.6 Å². The van der Waals surface area contributed by atoms with Crippen LogP contribution in [-0.4, -0.2) is 78.5 Å². The first-order valence-corrected chi connectivity index (χ1v) is 14.4. The van der Waals surface area contributed by atoms with Gasteiger partial charge in [-0.2, -0.15) is 0 Å². The lowest BCUT2D eigenvalue weighted by molar-refractivity contribution is -0.136. The van der Waals surface area contributed by atoms with Crippen LogP contribution in [0.1, 0.15) is 71.9 Å². The van der Waals surface area contributed by atoms with Crippen LogP contribution in [0.5, 0.6) is 5.75 Å². The summed E-state index contributed by atoms with van der Waals surface area (Å²) >= 11 is 0. The van der Waals surface area contributed by atoms with Crippen molar-refractivity contribution in [3.8, 4) is 5.75 Å². The number of hydrogen-bond acceptors (Lipinski definition) is 8. The first-order valence-electron chi connectivity index (χ1n) is 14.4. The molecule has 1 fully saturated rings. The van der Waals surface area contributed by atoms with Crippen LogP contribution < -0.4 is 20.7 Å². The quantitative estimate of drug-likeness (QED) is 0.172. The highest BCUT2D eigenvalue weighted by molar-refractivity contribution is 6.25. The number of hydrogen-bond donors (Lipinski definition) is 3. The third kappa shape index (κ3) is 7.02. The van der Waals surface area contributed by atoms with Crippen molar-refractivity contribution in [2.75, 3.05) is 32.1 Å². The van der Waals surface area contributed by atoms with Crippen molar-refractivity contribution in [2.45, 2.75) is 51.6 Å². The maximum absolute atomic E-state index is 13.3. The Kier molecular flexibility index (Phi) is 10.1.